The molecule has 0 bridgehead atoms. The summed E-state index contributed by atoms with van der Waals surface area (Å²) < 4.78 is 1.82. The van der Waals surface area contributed by atoms with E-state index in [1.165, 1.54) is 0 Å². The molecule has 0 aliphatic carbocycles. The fraction of sp³-hybridized carbons (Fsp3) is 0.571. The first-order valence-electron chi connectivity index (χ1n) is 3.61. The lowest BCUT2D eigenvalue weighted by Gasteiger charge is -2.08. The number of nitrogen functional groups attached to an aromatic ring is 1. The molecule has 1 atom stereocenters. The van der Waals surface area contributed by atoms with Crippen LogP contribution in [0.15, 0.2) is 12.4 Å². The van der Waals surface area contributed by atoms with Crippen LogP contribution < -0.4 is 5.73 Å². The number of hydrogen-bond acceptors (Lipinski definition) is 3. The molecule has 1 unspecified atom stereocenters. The van der Waals surface area contributed by atoms with E-state index in [1.54, 1.807) is 6.20 Å². The molecular formula is C7H13N3O. The van der Waals surface area contributed by atoms with Gasteiger partial charge in [-0.15, -0.1) is 0 Å². The second-order valence-corrected chi connectivity index (χ2v) is 2.73. The van der Waals surface area contributed by atoms with Crippen LogP contribution in [0, 0.1) is 5.92 Å². The first-order chi connectivity index (χ1) is 5.24. The Kier molecular flexibility index (Phi) is 2.48. The van der Waals surface area contributed by atoms with Crippen LogP contribution in [0.3, 0.4) is 0 Å². The topological polar surface area (TPSA) is 64.1 Å². The Morgan fingerprint density at radius 2 is 2.55 bits per heavy atom. The summed E-state index contributed by atoms with van der Waals surface area (Å²) in [6.45, 7) is 2.86. The highest BCUT2D eigenvalue weighted by molar-refractivity contribution is 5.16. The summed E-state index contributed by atoms with van der Waals surface area (Å²) in [7, 11) is 0. The number of aliphatic hydroxyl groups excluding tert-OH is 1. The van der Waals surface area contributed by atoms with Gasteiger partial charge in [0.25, 0.3) is 0 Å². The number of aliphatic hydroxyl groups is 1. The minimum atomic E-state index is 0.178. The van der Waals surface area contributed by atoms with Crippen molar-refractivity contribution in [3.8, 4) is 0 Å². The maximum Gasteiger partial charge on any atom is 0.200 e. The molecule has 0 saturated heterocycles. The number of rotatable bonds is 3. The standard InChI is InChI=1S/C7H13N3O/c1-6(5-11)4-10-3-2-9-7(10)8/h2-3,6,11H,4-5H2,1H3,(H2,8,9). The quantitative estimate of drug-likeness (QED) is 0.650. The third kappa shape index (κ3) is 1.94. The van der Waals surface area contributed by atoms with E-state index >= 15 is 0 Å². The summed E-state index contributed by atoms with van der Waals surface area (Å²) in [4.78, 5) is 3.86. The predicted octanol–water partition coefficient (Wildman–Crippen LogP) is 0.0937. The van der Waals surface area contributed by atoms with Gasteiger partial charge in [0.1, 0.15) is 0 Å². The first-order valence-corrected chi connectivity index (χ1v) is 3.61. The molecule has 0 amide bonds. The van der Waals surface area contributed by atoms with Crippen molar-refractivity contribution >= 4 is 5.95 Å². The molecule has 11 heavy (non-hydrogen) atoms. The Labute approximate surface area is 65.7 Å². The molecule has 0 spiro atoms. The number of nitrogens with two attached hydrogens (primary N) is 1. The molecule has 4 heteroatoms. The van der Waals surface area contributed by atoms with E-state index in [1.807, 2.05) is 17.7 Å². The van der Waals surface area contributed by atoms with Gasteiger partial charge in [-0.25, -0.2) is 4.98 Å². The van der Waals surface area contributed by atoms with Crippen LogP contribution in [0.5, 0.6) is 0 Å². The lowest BCUT2D eigenvalue weighted by Crippen LogP contribution is -2.12. The highest BCUT2D eigenvalue weighted by atomic mass is 16.3. The van der Waals surface area contributed by atoms with Crippen molar-refractivity contribution in [1.29, 1.82) is 0 Å². The fourth-order valence-corrected chi connectivity index (χ4v) is 0.889. The molecule has 0 aliphatic rings. The van der Waals surface area contributed by atoms with Gasteiger partial charge in [0.15, 0.2) is 5.95 Å². The molecule has 1 rings (SSSR count). The van der Waals surface area contributed by atoms with Crippen LogP contribution in [0.2, 0.25) is 0 Å². The lowest BCUT2D eigenvalue weighted by molar-refractivity contribution is 0.223. The van der Waals surface area contributed by atoms with Crippen LogP contribution >= 0.6 is 0 Å². The Morgan fingerprint density at radius 1 is 1.82 bits per heavy atom. The second-order valence-electron chi connectivity index (χ2n) is 2.73. The van der Waals surface area contributed by atoms with Crippen molar-refractivity contribution in [1.82, 2.24) is 9.55 Å². The van der Waals surface area contributed by atoms with Crippen molar-refractivity contribution in [2.75, 3.05) is 12.3 Å². The molecular weight excluding hydrogens is 142 g/mol. The minimum absolute atomic E-state index is 0.178. The molecule has 4 nitrogen and oxygen atoms in total. The van der Waals surface area contributed by atoms with Crippen LogP contribution in [0.4, 0.5) is 5.95 Å². The molecule has 0 aromatic carbocycles. The summed E-state index contributed by atoms with van der Waals surface area (Å²) in [6.07, 6.45) is 3.46. The number of anilines is 1. The monoisotopic (exact) mass is 155 g/mol. The van der Waals surface area contributed by atoms with E-state index in [-0.39, 0.29) is 12.5 Å². The van der Waals surface area contributed by atoms with Crippen molar-refractivity contribution < 1.29 is 5.11 Å². The summed E-state index contributed by atoms with van der Waals surface area (Å²) >= 11 is 0. The maximum atomic E-state index is 8.75. The zero-order valence-electron chi connectivity index (χ0n) is 6.57. The molecule has 0 radical (unpaired) electrons. The van der Waals surface area contributed by atoms with Crippen molar-refractivity contribution in [2.45, 2.75) is 13.5 Å². The smallest absolute Gasteiger partial charge is 0.200 e. The minimum Gasteiger partial charge on any atom is -0.396 e. The van der Waals surface area contributed by atoms with E-state index in [9.17, 15) is 0 Å². The van der Waals surface area contributed by atoms with Crippen LogP contribution in [-0.4, -0.2) is 21.3 Å². The highest BCUT2D eigenvalue weighted by Gasteiger charge is 2.02. The molecule has 1 heterocycles. The molecule has 1 aromatic rings. The van der Waals surface area contributed by atoms with Crippen molar-refractivity contribution in [3.63, 3.8) is 0 Å². The van der Waals surface area contributed by atoms with E-state index in [0.717, 1.165) is 6.54 Å². The van der Waals surface area contributed by atoms with Crippen LogP contribution in [0.1, 0.15) is 6.92 Å². The van der Waals surface area contributed by atoms with Gasteiger partial charge in [0.2, 0.25) is 0 Å². The van der Waals surface area contributed by atoms with Gasteiger partial charge in [-0.05, 0) is 5.92 Å². The number of nitrogens with zero attached hydrogens (tertiary/aromatic N) is 2. The highest BCUT2D eigenvalue weighted by Crippen LogP contribution is 2.03. The summed E-state index contributed by atoms with van der Waals surface area (Å²) in [5, 5.41) is 8.75. The lowest BCUT2D eigenvalue weighted by atomic mass is 10.2. The Morgan fingerprint density at radius 3 is 3.00 bits per heavy atom. The van der Waals surface area contributed by atoms with Gasteiger partial charge in [0, 0.05) is 25.5 Å². The number of aromatic nitrogens is 2. The predicted molar refractivity (Wildman–Crippen MR) is 42.9 cm³/mol. The summed E-state index contributed by atoms with van der Waals surface area (Å²) in [5.74, 6) is 0.733. The van der Waals surface area contributed by atoms with Gasteiger partial charge in [0.05, 0.1) is 0 Å². The van der Waals surface area contributed by atoms with Crippen molar-refractivity contribution in [3.05, 3.63) is 12.4 Å². The average Bonchev–Trinajstić information content (AvgIpc) is 2.37. The fourth-order valence-electron chi connectivity index (χ4n) is 0.889. The molecule has 3 N–H and O–H groups in total. The Hall–Kier alpha value is -1.03. The largest absolute Gasteiger partial charge is 0.396 e. The third-order valence-electron chi connectivity index (χ3n) is 1.57. The zero-order chi connectivity index (χ0) is 8.27. The van der Waals surface area contributed by atoms with Crippen LogP contribution in [-0.2, 0) is 6.54 Å². The van der Waals surface area contributed by atoms with E-state index in [2.05, 4.69) is 4.98 Å². The molecule has 62 valence electrons. The Balaban J connectivity index is 2.56. The normalized spacial score (nSPS) is 13.3. The van der Waals surface area contributed by atoms with Gasteiger partial charge >= 0.3 is 0 Å². The number of hydrogen-bond donors (Lipinski definition) is 2. The molecule has 0 saturated carbocycles. The SMILES string of the molecule is CC(CO)Cn1ccnc1N. The van der Waals surface area contributed by atoms with Gasteiger partial charge in [-0.1, -0.05) is 6.92 Å². The van der Waals surface area contributed by atoms with E-state index < -0.39 is 0 Å². The maximum absolute atomic E-state index is 8.75. The third-order valence-corrected chi connectivity index (χ3v) is 1.57. The van der Waals surface area contributed by atoms with E-state index in [4.69, 9.17) is 10.8 Å². The molecule has 1 aromatic heterocycles. The van der Waals surface area contributed by atoms with Gasteiger partial charge < -0.3 is 15.4 Å². The summed E-state index contributed by atoms with van der Waals surface area (Å²) in [5.41, 5.74) is 5.51. The van der Waals surface area contributed by atoms with Crippen molar-refractivity contribution in [2.24, 2.45) is 5.92 Å². The number of imidazole rings is 1. The first kappa shape index (κ1) is 8.07. The van der Waals surface area contributed by atoms with Gasteiger partial charge in [-0.2, -0.15) is 0 Å². The zero-order valence-corrected chi connectivity index (χ0v) is 6.57. The molecule has 0 fully saturated rings. The molecule has 0 aliphatic heterocycles. The second kappa shape index (κ2) is 3.39. The van der Waals surface area contributed by atoms with E-state index in [0.29, 0.717) is 5.95 Å². The van der Waals surface area contributed by atoms with Gasteiger partial charge in [-0.3, -0.25) is 0 Å². The average molecular weight is 155 g/mol. The summed E-state index contributed by atoms with van der Waals surface area (Å²) in [6, 6.07) is 0. The Bertz CT molecular complexity index is 221. The van der Waals surface area contributed by atoms with Crippen LogP contribution in [0.25, 0.3) is 0 Å².